The zero-order chi connectivity index (χ0) is 41.7. The molecule has 0 aliphatic rings. The van der Waals surface area contributed by atoms with Crippen molar-refractivity contribution in [3.63, 3.8) is 0 Å². The summed E-state index contributed by atoms with van der Waals surface area (Å²) in [5.41, 5.74) is 12.5. The highest BCUT2D eigenvalue weighted by Crippen LogP contribution is 2.46. The fourth-order valence-corrected chi connectivity index (χ4v) is 10.4. The predicted octanol–water partition coefficient (Wildman–Crippen LogP) is 16.2. The molecule has 3 nitrogen and oxygen atoms in total. The van der Waals surface area contributed by atoms with Gasteiger partial charge in [-0.05, 0) is 78.2 Å². The minimum atomic E-state index is 0.646. The fraction of sp³-hybridized carbons (Fsp3) is 0. The number of thiophene rings is 1. The van der Waals surface area contributed by atoms with E-state index in [1.54, 1.807) is 11.3 Å². The standard InChI is InChI=1S/C59H37N3S/c1-3-16-40(17-4-1)44-20-7-8-22-46(44)55-49-25-11-9-23-47(49)54(48-24-10-12-26-50(48)55)41-34-30-38(31-35-41)39-32-36-43(37-33-39)58-60-57(42-18-5-2-6-19-42)61-59(62-58)52-28-15-27-51-45-21-13-14-29-53(45)63-56(51)52/h1-37H. The maximum absolute atomic E-state index is 5.15. The lowest BCUT2D eigenvalue weighted by atomic mass is 9.83. The second-order valence-electron chi connectivity index (χ2n) is 15.9. The van der Waals surface area contributed by atoms with Gasteiger partial charge >= 0.3 is 0 Å². The molecular weight excluding hydrogens is 783 g/mol. The molecule has 10 aromatic carbocycles. The molecule has 0 fully saturated rings. The minimum absolute atomic E-state index is 0.646. The molecule has 2 aromatic heterocycles. The molecule has 0 N–H and O–H groups in total. The molecule has 0 unspecified atom stereocenters. The van der Waals surface area contributed by atoms with Crippen molar-refractivity contribution in [3.05, 3.63) is 224 Å². The molecule has 294 valence electrons. The highest BCUT2D eigenvalue weighted by molar-refractivity contribution is 7.26. The predicted molar refractivity (Wildman–Crippen MR) is 266 cm³/mol. The summed E-state index contributed by atoms with van der Waals surface area (Å²) in [7, 11) is 0. The lowest BCUT2D eigenvalue weighted by Gasteiger charge is -2.19. The van der Waals surface area contributed by atoms with E-state index in [0.29, 0.717) is 17.5 Å². The third-order valence-corrected chi connectivity index (χ3v) is 13.4. The second-order valence-corrected chi connectivity index (χ2v) is 16.9. The SMILES string of the molecule is c1ccc(-c2nc(-c3ccc(-c4ccc(-c5c6ccccc6c(-c6ccccc6-c6ccccc6)c6ccccc56)cc4)cc3)nc(-c3cccc4c3sc3ccccc34)n2)cc1. The van der Waals surface area contributed by atoms with Gasteiger partial charge in [0.15, 0.2) is 17.5 Å². The van der Waals surface area contributed by atoms with Gasteiger partial charge in [0.05, 0.1) is 0 Å². The van der Waals surface area contributed by atoms with Crippen molar-refractivity contribution in [2.24, 2.45) is 0 Å². The third-order valence-electron chi connectivity index (χ3n) is 12.2. The zero-order valence-electron chi connectivity index (χ0n) is 34.1. The normalized spacial score (nSPS) is 11.5. The molecule has 0 saturated heterocycles. The average Bonchev–Trinajstić information content (AvgIpc) is 3.75. The van der Waals surface area contributed by atoms with Gasteiger partial charge in [-0.1, -0.05) is 212 Å². The van der Waals surface area contributed by atoms with Crippen LogP contribution in [0.5, 0.6) is 0 Å². The molecule has 12 rings (SSSR count). The van der Waals surface area contributed by atoms with Crippen LogP contribution in [-0.4, -0.2) is 15.0 Å². The summed E-state index contributed by atoms with van der Waals surface area (Å²) in [6.45, 7) is 0. The number of fused-ring (bicyclic) bond motifs is 5. The first kappa shape index (κ1) is 36.8. The van der Waals surface area contributed by atoms with Crippen molar-refractivity contribution in [3.8, 4) is 78.7 Å². The molecule has 0 atom stereocenters. The van der Waals surface area contributed by atoms with Crippen LogP contribution in [0.3, 0.4) is 0 Å². The van der Waals surface area contributed by atoms with Gasteiger partial charge in [0.25, 0.3) is 0 Å². The van der Waals surface area contributed by atoms with Crippen LogP contribution >= 0.6 is 11.3 Å². The van der Waals surface area contributed by atoms with E-state index in [4.69, 9.17) is 15.0 Å². The lowest BCUT2D eigenvalue weighted by molar-refractivity contribution is 1.08. The van der Waals surface area contributed by atoms with Crippen molar-refractivity contribution in [2.75, 3.05) is 0 Å². The Morgan fingerprint density at radius 1 is 0.238 bits per heavy atom. The van der Waals surface area contributed by atoms with Gasteiger partial charge in [-0.25, -0.2) is 15.0 Å². The summed E-state index contributed by atoms with van der Waals surface area (Å²) in [4.78, 5) is 15.3. The van der Waals surface area contributed by atoms with Crippen molar-refractivity contribution in [2.45, 2.75) is 0 Å². The third kappa shape index (κ3) is 6.48. The molecule has 0 bridgehead atoms. The van der Waals surface area contributed by atoms with Gasteiger partial charge in [-0.3, -0.25) is 0 Å². The molecule has 4 heteroatoms. The van der Waals surface area contributed by atoms with Gasteiger partial charge in [-0.15, -0.1) is 11.3 Å². The van der Waals surface area contributed by atoms with E-state index in [1.807, 2.05) is 18.2 Å². The zero-order valence-corrected chi connectivity index (χ0v) is 34.9. The molecule has 0 amide bonds. The Labute approximate surface area is 369 Å². The first-order valence-electron chi connectivity index (χ1n) is 21.3. The molecule has 0 aliphatic carbocycles. The topological polar surface area (TPSA) is 38.7 Å². The Hall–Kier alpha value is -8.05. The Kier molecular flexibility index (Phi) is 9.02. The van der Waals surface area contributed by atoms with Gasteiger partial charge in [0, 0.05) is 36.9 Å². The van der Waals surface area contributed by atoms with E-state index in [1.165, 1.54) is 75.1 Å². The van der Waals surface area contributed by atoms with Crippen LogP contribution in [0.4, 0.5) is 0 Å². The average molecular weight is 820 g/mol. The summed E-state index contributed by atoms with van der Waals surface area (Å²) in [6, 6.07) is 80.1. The number of nitrogens with zero attached hydrogens (tertiary/aromatic N) is 3. The lowest BCUT2D eigenvalue weighted by Crippen LogP contribution is -2.00. The number of benzene rings is 10. The van der Waals surface area contributed by atoms with Gasteiger partial charge < -0.3 is 0 Å². The van der Waals surface area contributed by atoms with Crippen LogP contribution < -0.4 is 0 Å². The summed E-state index contributed by atoms with van der Waals surface area (Å²) >= 11 is 1.79. The molecule has 0 saturated carbocycles. The van der Waals surface area contributed by atoms with Crippen LogP contribution in [-0.2, 0) is 0 Å². The summed E-state index contributed by atoms with van der Waals surface area (Å²) in [5, 5.41) is 7.43. The van der Waals surface area contributed by atoms with E-state index in [2.05, 4.69) is 206 Å². The number of rotatable bonds is 7. The molecule has 2 heterocycles. The monoisotopic (exact) mass is 819 g/mol. The maximum Gasteiger partial charge on any atom is 0.165 e. The summed E-state index contributed by atoms with van der Waals surface area (Å²) in [5.74, 6) is 1.97. The van der Waals surface area contributed by atoms with E-state index in [-0.39, 0.29) is 0 Å². The van der Waals surface area contributed by atoms with E-state index in [0.717, 1.165) is 27.8 Å². The first-order valence-corrected chi connectivity index (χ1v) is 22.1. The Balaban J connectivity index is 0.926. The maximum atomic E-state index is 5.15. The molecule has 0 aliphatic heterocycles. The summed E-state index contributed by atoms with van der Waals surface area (Å²) < 4.78 is 2.43. The smallest absolute Gasteiger partial charge is 0.165 e. The molecular formula is C59H37N3S. The summed E-state index contributed by atoms with van der Waals surface area (Å²) in [6.07, 6.45) is 0. The Bertz CT molecular complexity index is 3590. The van der Waals surface area contributed by atoms with E-state index in [9.17, 15) is 0 Å². The van der Waals surface area contributed by atoms with Crippen LogP contribution in [0.2, 0.25) is 0 Å². The van der Waals surface area contributed by atoms with Crippen LogP contribution in [0.25, 0.3) is 120 Å². The highest BCUT2D eigenvalue weighted by atomic mass is 32.1. The van der Waals surface area contributed by atoms with Crippen molar-refractivity contribution < 1.29 is 0 Å². The Morgan fingerprint density at radius 3 is 1.27 bits per heavy atom. The quantitative estimate of drug-likeness (QED) is 0.150. The van der Waals surface area contributed by atoms with Gasteiger partial charge in [0.2, 0.25) is 0 Å². The van der Waals surface area contributed by atoms with Gasteiger partial charge in [0.1, 0.15) is 0 Å². The van der Waals surface area contributed by atoms with Crippen LogP contribution in [0, 0.1) is 0 Å². The number of hydrogen-bond acceptors (Lipinski definition) is 4. The minimum Gasteiger partial charge on any atom is -0.208 e. The van der Waals surface area contributed by atoms with Crippen molar-refractivity contribution >= 4 is 53.1 Å². The van der Waals surface area contributed by atoms with E-state index < -0.39 is 0 Å². The highest BCUT2D eigenvalue weighted by Gasteiger charge is 2.20. The van der Waals surface area contributed by atoms with Crippen LogP contribution in [0.15, 0.2) is 224 Å². The number of aromatic nitrogens is 3. The van der Waals surface area contributed by atoms with Crippen LogP contribution in [0.1, 0.15) is 0 Å². The largest absolute Gasteiger partial charge is 0.208 e. The van der Waals surface area contributed by atoms with Crippen molar-refractivity contribution in [1.29, 1.82) is 0 Å². The molecule has 0 radical (unpaired) electrons. The molecule has 0 spiro atoms. The molecule has 63 heavy (non-hydrogen) atoms. The second kappa shape index (κ2) is 15.4. The first-order chi connectivity index (χ1) is 31.2. The van der Waals surface area contributed by atoms with Gasteiger partial charge in [-0.2, -0.15) is 0 Å². The van der Waals surface area contributed by atoms with E-state index >= 15 is 0 Å². The van der Waals surface area contributed by atoms with Crippen molar-refractivity contribution in [1.82, 2.24) is 15.0 Å². The molecule has 12 aromatic rings. The Morgan fingerprint density at radius 2 is 0.651 bits per heavy atom. The fourth-order valence-electron chi connectivity index (χ4n) is 9.21. The number of hydrogen-bond donors (Lipinski definition) is 0.